The number of anilines is 2. The third kappa shape index (κ3) is 7.45. The van der Waals surface area contributed by atoms with E-state index in [-0.39, 0.29) is 85.2 Å². The van der Waals surface area contributed by atoms with E-state index in [1.54, 1.807) is 23.4 Å². The van der Waals surface area contributed by atoms with E-state index in [9.17, 15) is 37.1 Å². The number of alkyl halides is 3. The average molecular weight is 747 g/mol. The van der Waals surface area contributed by atoms with E-state index in [1.807, 2.05) is 6.08 Å². The van der Waals surface area contributed by atoms with E-state index in [2.05, 4.69) is 25.8 Å². The second kappa shape index (κ2) is 14.7. The Kier molecular flexibility index (Phi) is 10.3. The summed E-state index contributed by atoms with van der Waals surface area (Å²) >= 11 is 6.10. The van der Waals surface area contributed by atoms with Crippen molar-refractivity contribution in [2.45, 2.75) is 32.5 Å². The number of aromatic nitrogens is 6. The van der Waals surface area contributed by atoms with Crippen LogP contribution in [0.3, 0.4) is 0 Å². The van der Waals surface area contributed by atoms with Gasteiger partial charge < -0.3 is 29.7 Å². The molecule has 1 saturated heterocycles. The summed E-state index contributed by atoms with van der Waals surface area (Å²) in [5.74, 6) is -1.34. The SMILES string of the molecule is CCc1c(N2CCN(C(=O)CNC(=O)c3cn(C)[nH]c3=O)CC2)c(=O)n2nc(C3=CCOCC3)nc2n1CC(=O)Nc1ccc(C(F)(F)F)cc1Cl. The molecule has 6 rings (SSSR count). The van der Waals surface area contributed by atoms with Crippen LogP contribution < -0.4 is 26.7 Å². The van der Waals surface area contributed by atoms with Crippen LogP contribution in [-0.4, -0.2) is 97.5 Å². The van der Waals surface area contributed by atoms with Crippen LogP contribution in [0.15, 0.2) is 40.1 Å². The van der Waals surface area contributed by atoms with Crippen molar-refractivity contribution in [3.8, 4) is 0 Å². The van der Waals surface area contributed by atoms with Crippen molar-refractivity contribution in [2.24, 2.45) is 7.05 Å². The van der Waals surface area contributed by atoms with E-state index in [0.29, 0.717) is 25.3 Å². The van der Waals surface area contributed by atoms with Gasteiger partial charge in [-0.3, -0.25) is 33.8 Å². The fourth-order valence-electron chi connectivity index (χ4n) is 6.13. The molecular formula is C32H34ClF3N10O6. The van der Waals surface area contributed by atoms with Gasteiger partial charge in [0.1, 0.15) is 17.8 Å². The molecule has 5 heterocycles. The molecule has 2 aliphatic heterocycles. The number of rotatable bonds is 9. The molecule has 0 radical (unpaired) electrons. The highest BCUT2D eigenvalue weighted by Gasteiger charge is 2.32. The molecule has 276 valence electrons. The molecule has 0 atom stereocenters. The topological polar surface area (TPSA) is 181 Å². The van der Waals surface area contributed by atoms with Crippen LogP contribution in [0.2, 0.25) is 5.02 Å². The summed E-state index contributed by atoms with van der Waals surface area (Å²) in [5.41, 5.74) is -0.734. The molecule has 0 spiro atoms. The highest BCUT2D eigenvalue weighted by atomic mass is 35.5. The minimum atomic E-state index is -4.62. The maximum Gasteiger partial charge on any atom is 0.416 e. The number of nitrogens with one attached hydrogen (secondary N) is 3. The second-order valence-corrected chi connectivity index (χ2v) is 12.5. The molecule has 1 fully saturated rings. The molecule has 16 nitrogen and oxygen atoms in total. The molecule has 4 aromatic rings. The summed E-state index contributed by atoms with van der Waals surface area (Å²) in [5, 5.41) is 11.7. The standard InChI is InChI=1S/C32H34ClF3N10O6/c1-3-23-26(44-10-8-43(9-11-44)25(48)15-37-28(49)20-16-42(2)41-29(20)50)30(51)46-31(39-27(40-46)18-6-12-52-13-7-18)45(23)17-24(47)38-22-5-4-19(14-21(22)33)32(34,35)36/h4-6,14,16H,3,7-13,15,17H2,1-2H3,(H,37,49)(H,38,47)(H,41,50). The van der Waals surface area contributed by atoms with Crippen molar-refractivity contribution in [1.82, 2.24) is 39.2 Å². The molecule has 0 saturated carbocycles. The first-order valence-corrected chi connectivity index (χ1v) is 16.7. The number of hydrogen-bond donors (Lipinski definition) is 3. The number of piperazine rings is 1. The normalized spacial score (nSPS) is 15.2. The molecule has 52 heavy (non-hydrogen) atoms. The molecule has 3 amide bonds. The molecule has 20 heteroatoms. The fraction of sp³-hybridized carbons (Fsp3) is 0.406. The lowest BCUT2D eigenvalue weighted by Gasteiger charge is -2.36. The Labute approximate surface area is 297 Å². The zero-order valence-corrected chi connectivity index (χ0v) is 28.8. The summed E-state index contributed by atoms with van der Waals surface area (Å²) in [6.07, 6.45) is -0.710. The van der Waals surface area contributed by atoms with Gasteiger partial charge in [-0.1, -0.05) is 24.6 Å². The third-order valence-electron chi connectivity index (χ3n) is 8.72. The number of benzene rings is 1. The van der Waals surface area contributed by atoms with Crippen LogP contribution in [0.5, 0.6) is 0 Å². The predicted molar refractivity (Wildman–Crippen MR) is 182 cm³/mol. The minimum Gasteiger partial charge on any atom is -0.377 e. The van der Waals surface area contributed by atoms with Crippen molar-refractivity contribution in [2.75, 3.05) is 56.2 Å². The molecule has 3 N–H and O–H groups in total. The first-order chi connectivity index (χ1) is 24.7. The van der Waals surface area contributed by atoms with Gasteiger partial charge in [0, 0.05) is 39.4 Å². The van der Waals surface area contributed by atoms with Gasteiger partial charge >= 0.3 is 6.18 Å². The Morgan fingerprint density at radius 3 is 2.48 bits per heavy atom. The van der Waals surface area contributed by atoms with Gasteiger partial charge in [0.2, 0.25) is 17.6 Å². The number of hydrogen-bond acceptors (Lipinski definition) is 9. The maximum absolute atomic E-state index is 14.1. The van der Waals surface area contributed by atoms with E-state index in [0.717, 1.165) is 28.3 Å². The van der Waals surface area contributed by atoms with E-state index >= 15 is 0 Å². The van der Waals surface area contributed by atoms with Gasteiger partial charge in [0.05, 0.1) is 41.7 Å². The van der Waals surface area contributed by atoms with Gasteiger partial charge in [-0.05, 0) is 36.6 Å². The van der Waals surface area contributed by atoms with Crippen LogP contribution in [0, 0.1) is 0 Å². The van der Waals surface area contributed by atoms with Crippen LogP contribution in [0.25, 0.3) is 11.4 Å². The quantitative estimate of drug-likeness (QED) is 0.230. The number of amides is 3. The molecule has 3 aromatic heterocycles. The highest BCUT2D eigenvalue weighted by molar-refractivity contribution is 6.33. The van der Waals surface area contributed by atoms with Gasteiger partial charge in [0.25, 0.3) is 17.0 Å². The second-order valence-electron chi connectivity index (χ2n) is 12.1. The largest absolute Gasteiger partial charge is 0.416 e. The van der Waals surface area contributed by atoms with Crippen molar-refractivity contribution < 1.29 is 32.3 Å². The Balaban J connectivity index is 1.26. The number of ether oxygens (including phenoxy) is 1. The van der Waals surface area contributed by atoms with Crippen molar-refractivity contribution in [3.63, 3.8) is 0 Å². The minimum absolute atomic E-state index is 0.0305. The van der Waals surface area contributed by atoms with Gasteiger partial charge in [-0.25, -0.2) is 0 Å². The Morgan fingerprint density at radius 1 is 1.12 bits per heavy atom. The van der Waals surface area contributed by atoms with Crippen molar-refractivity contribution in [1.29, 1.82) is 0 Å². The fourth-order valence-corrected chi connectivity index (χ4v) is 6.36. The first kappa shape index (κ1) is 36.4. The Hall–Kier alpha value is -5.43. The number of nitrogens with zero attached hydrogens (tertiary/aromatic N) is 7. The number of halogens is 4. The lowest BCUT2D eigenvalue weighted by Crippen LogP contribution is -2.52. The number of H-pyrrole nitrogens is 1. The Bertz CT molecular complexity index is 2200. The highest BCUT2D eigenvalue weighted by Crippen LogP contribution is 2.34. The lowest BCUT2D eigenvalue weighted by atomic mass is 10.1. The summed E-state index contributed by atoms with van der Waals surface area (Å²) in [7, 11) is 1.55. The van der Waals surface area contributed by atoms with Crippen LogP contribution in [0.1, 0.15) is 40.8 Å². The zero-order valence-electron chi connectivity index (χ0n) is 28.0. The molecule has 0 unspecified atom stereocenters. The maximum atomic E-state index is 14.1. The van der Waals surface area contributed by atoms with Crippen molar-refractivity contribution >= 4 is 52.0 Å². The average Bonchev–Trinajstić information content (AvgIpc) is 3.72. The number of aryl methyl sites for hydroxylation is 1. The van der Waals surface area contributed by atoms with E-state index < -0.39 is 34.7 Å². The number of fused-ring (bicyclic) bond motifs is 1. The summed E-state index contributed by atoms with van der Waals surface area (Å²) in [6, 6.07) is 2.60. The number of aromatic amines is 1. The van der Waals surface area contributed by atoms with Crippen molar-refractivity contribution in [3.05, 3.63) is 78.8 Å². The molecular weight excluding hydrogens is 713 g/mol. The number of carbonyl (C=O) groups excluding carboxylic acids is 3. The van der Waals surface area contributed by atoms with Gasteiger partial charge in [-0.15, -0.1) is 5.10 Å². The summed E-state index contributed by atoms with van der Waals surface area (Å²) < 4.78 is 49.0. The summed E-state index contributed by atoms with van der Waals surface area (Å²) in [4.78, 5) is 72.9. The molecule has 0 bridgehead atoms. The van der Waals surface area contributed by atoms with Crippen LogP contribution in [-0.2, 0) is 40.5 Å². The third-order valence-corrected chi connectivity index (χ3v) is 9.03. The predicted octanol–water partition coefficient (Wildman–Crippen LogP) is 1.67. The first-order valence-electron chi connectivity index (χ1n) is 16.3. The summed E-state index contributed by atoms with van der Waals surface area (Å²) in [6.45, 7) is 2.69. The number of carbonyl (C=O) groups is 3. The smallest absolute Gasteiger partial charge is 0.377 e. The van der Waals surface area contributed by atoms with Crippen LogP contribution >= 0.6 is 11.6 Å². The van der Waals surface area contributed by atoms with Gasteiger partial charge in [-0.2, -0.15) is 22.7 Å². The lowest BCUT2D eigenvalue weighted by molar-refractivity contribution is -0.137. The molecule has 1 aromatic carbocycles. The Morgan fingerprint density at radius 2 is 1.87 bits per heavy atom. The monoisotopic (exact) mass is 746 g/mol. The molecule has 0 aliphatic carbocycles. The zero-order chi connectivity index (χ0) is 37.3. The van der Waals surface area contributed by atoms with E-state index in [1.165, 1.54) is 15.8 Å². The molecule has 2 aliphatic rings. The van der Waals surface area contributed by atoms with E-state index in [4.69, 9.17) is 16.3 Å². The van der Waals surface area contributed by atoms with Crippen LogP contribution in [0.4, 0.5) is 24.5 Å². The van der Waals surface area contributed by atoms with Gasteiger partial charge in [0.15, 0.2) is 5.82 Å².